The number of carbonyl (C=O) groups excluding carboxylic acids is 1. The van der Waals surface area contributed by atoms with Crippen LogP contribution in [0.25, 0.3) is 0 Å². The van der Waals surface area contributed by atoms with Crippen LogP contribution in [0.15, 0.2) is 0 Å². The molecule has 1 aromatic heterocycles. The topological polar surface area (TPSA) is 20.3 Å². The lowest BCUT2D eigenvalue weighted by Crippen LogP contribution is -2.28. The molecule has 85 valence electrons. The second kappa shape index (κ2) is 4.21. The van der Waals surface area contributed by atoms with Crippen molar-refractivity contribution < 1.29 is 4.79 Å². The van der Waals surface area contributed by atoms with Gasteiger partial charge in [-0.3, -0.25) is 4.79 Å². The molecular weight excluding hydrogens is 218 g/mol. The second-order valence-corrected chi connectivity index (χ2v) is 5.59. The molecule has 1 amide bonds. The van der Waals surface area contributed by atoms with Gasteiger partial charge < -0.3 is 4.90 Å². The number of hydrogen-bond acceptors (Lipinski definition) is 2. The van der Waals surface area contributed by atoms with Crippen molar-refractivity contribution >= 4 is 17.2 Å². The normalized spacial score (nSPS) is 19.9. The summed E-state index contributed by atoms with van der Waals surface area (Å²) in [5.41, 5.74) is 2.20. The Morgan fingerprint density at radius 1 is 1.12 bits per heavy atom. The third-order valence-electron chi connectivity index (χ3n) is 3.60. The Hall–Kier alpha value is -0.830. The molecule has 16 heavy (non-hydrogen) atoms. The molecule has 2 aliphatic rings. The largest absolute Gasteiger partial charge is 0.339 e. The first-order valence-corrected chi connectivity index (χ1v) is 6.99. The van der Waals surface area contributed by atoms with E-state index < -0.39 is 0 Å². The molecule has 0 N–H and O–H groups in total. The predicted octanol–water partition coefficient (Wildman–Crippen LogP) is 2.66. The molecule has 1 radical (unpaired) electrons. The molecule has 0 atom stereocenters. The van der Waals surface area contributed by atoms with Gasteiger partial charge in [0.15, 0.2) is 0 Å². The number of thiophene rings is 1. The molecule has 1 saturated heterocycles. The average molecular weight is 234 g/mol. The Morgan fingerprint density at radius 2 is 1.88 bits per heavy atom. The molecule has 1 aliphatic carbocycles. The number of hydrogen-bond donors (Lipinski definition) is 0. The molecular formula is C13H16NOS. The first-order chi connectivity index (χ1) is 7.86. The standard InChI is InChI=1S/C13H16NOS/c15-13(14-7-3-4-8-14)11-9-16-12-6-2-1-5-10(11)12/h1-8H2. The molecule has 0 saturated carbocycles. The summed E-state index contributed by atoms with van der Waals surface area (Å²) in [6.07, 6.45) is 7.08. The molecule has 2 nitrogen and oxygen atoms in total. The maximum Gasteiger partial charge on any atom is 0.255 e. The number of nitrogens with zero attached hydrogens (tertiary/aromatic N) is 1. The van der Waals surface area contributed by atoms with Gasteiger partial charge in [-0.2, -0.15) is 0 Å². The van der Waals surface area contributed by atoms with Crippen molar-refractivity contribution in [1.82, 2.24) is 4.90 Å². The lowest BCUT2D eigenvalue weighted by molar-refractivity contribution is 0.0792. The lowest BCUT2D eigenvalue weighted by atomic mass is 9.95. The van der Waals surface area contributed by atoms with E-state index in [1.807, 2.05) is 4.90 Å². The number of rotatable bonds is 1. The van der Waals surface area contributed by atoms with E-state index in [1.165, 1.54) is 23.3 Å². The van der Waals surface area contributed by atoms with Gasteiger partial charge in [0.1, 0.15) is 0 Å². The van der Waals surface area contributed by atoms with Crippen molar-refractivity contribution in [2.75, 3.05) is 13.1 Å². The quantitative estimate of drug-likeness (QED) is 0.731. The van der Waals surface area contributed by atoms with Gasteiger partial charge in [0, 0.05) is 18.0 Å². The van der Waals surface area contributed by atoms with E-state index >= 15 is 0 Å². The smallest absolute Gasteiger partial charge is 0.255 e. The van der Waals surface area contributed by atoms with Crippen molar-refractivity contribution in [3.8, 4) is 0 Å². The highest BCUT2D eigenvalue weighted by Gasteiger charge is 2.25. The van der Waals surface area contributed by atoms with Crippen LogP contribution in [0.2, 0.25) is 0 Å². The van der Waals surface area contributed by atoms with Crippen LogP contribution in [0, 0.1) is 5.38 Å². The minimum atomic E-state index is 0.233. The second-order valence-electron chi connectivity index (χ2n) is 4.69. The van der Waals surface area contributed by atoms with Crippen LogP contribution in [-0.2, 0) is 12.8 Å². The Morgan fingerprint density at radius 3 is 2.69 bits per heavy atom. The van der Waals surface area contributed by atoms with Gasteiger partial charge in [0.05, 0.1) is 10.9 Å². The van der Waals surface area contributed by atoms with Gasteiger partial charge in [-0.1, -0.05) is 0 Å². The Balaban J connectivity index is 1.88. The van der Waals surface area contributed by atoms with E-state index in [1.54, 1.807) is 11.3 Å². The van der Waals surface area contributed by atoms with Gasteiger partial charge in [-0.05, 0) is 44.1 Å². The summed E-state index contributed by atoms with van der Waals surface area (Å²) in [5.74, 6) is 0.233. The van der Waals surface area contributed by atoms with E-state index in [4.69, 9.17) is 0 Å². The van der Waals surface area contributed by atoms with Gasteiger partial charge in [-0.15, -0.1) is 11.3 Å². The maximum absolute atomic E-state index is 12.3. The maximum atomic E-state index is 12.3. The van der Waals surface area contributed by atoms with Crippen LogP contribution in [0.1, 0.15) is 46.5 Å². The van der Waals surface area contributed by atoms with Crippen molar-refractivity contribution in [1.29, 1.82) is 0 Å². The molecule has 2 heterocycles. The van der Waals surface area contributed by atoms with Crippen LogP contribution >= 0.6 is 11.3 Å². The zero-order chi connectivity index (χ0) is 11.0. The summed E-state index contributed by atoms with van der Waals surface area (Å²) < 4.78 is 0. The molecule has 3 heteroatoms. The highest BCUT2D eigenvalue weighted by molar-refractivity contribution is 7.10. The number of fused-ring (bicyclic) bond motifs is 1. The summed E-state index contributed by atoms with van der Waals surface area (Å²) in [6.45, 7) is 1.88. The van der Waals surface area contributed by atoms with Crippen LogP contribution < -0.4 is 0 Å². The Labute approximate surface area is 100 Å². The molecule has 1 aliphatic heterocycles. The highest BCUT2D eigenvalue weighted by Crippen LogP contribution is 2.30. The first-order valence-electron chi connectivity index (χ1n) is 6.18. The van der Waals surface area contributed by atoms with Crippen molar-refractivity contribution in [2.45, 2.75) is 38.5 Å². The van der Waals surface area contributed by atoms with E-state index in [2.05, 4.69) is 5.38 Å². The van der Waals surface area contributed by atoms with Gasteiger partial charge >= 0.3 is 0 Å². The summed E-state index contributed by atoms with van der Waals surface area (Å²) in [6, 6.07) is 0. The van der Waals surface area contributed by atoms with Crippen LogP contribution in [0.5, 0.6) is 0 Å². The fraction of sp³-hybridized carbons (Fsp3) is 0.615. The van der Waals surface area contributed by atoms with Crippen LogP contribution in [0.4, 0.5) is 0 Å². The SMILES string of the molecule is O=C(c1[c]sc2c1CCCC2)N1CCCC1. The number of likely N-dealkylation sites (tertiary alicyclic amines) is 1. The van der Waals surface area contributed by atoms with Gasteiger partial charge in [0.25, 0.3) is 5.91 Å². The predicted molar refractivity (Wildman–Crippen MR) is 64.9 cm³/mol. The highest BCUT2D eigenvalue weighted by atomic mass is 32.1. The fourth-order valence-electron chi connectivity index (χ4n) is 2.68. The lowest BCUT2D eigenvalue weighted by Gasteiger charge is -2.17. The summed E-state index contributed by atoms with van der Waals surface area (Å²) in [7, 11) is 0. The molecule has 3 rings (SSSR count). The fourth-order valence-corrected chi connectivity index (χ4v) is 3.69. The minimum Gasteiger partial charge on any atom is -0.339 e. The molecule has 0 unspecified atom stereocenters. The molecule has 0 bridgehead atoms. The Kier molecular flexibility index (Phi) is 2.72. The minimum absolute atomic E-state index is 0.233. The number of amides is 1. The molecule has 0 aromatic carbocycles. The van der Waals surface area contributed by atoms with Crippen molar-refractivity contribution in [3.05, 3.63) is 21.4 Å². The molecule has 1 aromatic rings. The summed E-state index contributed by atoms with van der Waals surface area (Å²) in [5, 5.41) is 3.24. The molecule has 0 spiro atoms. The Bertz CT molecular complexity index is 404. The van der Waals surface area contributed by atoms with Crippen LogP contribution in [0.3, 0.4) is 0 Å². The monoisotopic (exact) mass is 234 g/mol. The van der Waals surface area contributed by atoms with Crippen LogP contribution in [-0.4, -0.2) is 23.9 Å². The van der Waals surface area contributed by atoms with Crippen molar-refractivity contribution in [3.63, 3.8) is 0 Å². The van der Waals surface area contributed by atoms with E-state index in [9.17, 15) is 4.79 Å². The van der Waals surface area contributed by atoms with E-state index in [0.717, 1.165) is 44.3 Å². The number of carbonyl (C=O) groups is 1. The third-order valence-corrected chi connectivity index (χ3v) is 4.61. The molecule has 1 fully saturated rings. The van der Waals surface area contributed by atoms with E-state index in [0.29, 0.717) is 0 Å². The first kappa shape index (κ1) is 10.3. The van der Waals surface area contributed by atoms with Crippen molar-refractivity contribution in [2.24, 2.45) is 0 Å². The summed E-state index contributed by atoms with van der Waals surface area (Å²) in [4.78, 5) is 15.7. The third kappa shape index (κ3) is 1.67. The average Bonchev–Trinajstić information content (AvgIpc) is 2.98. The van der Waals surface area contributed by atoms with E-state index in [-0.39, 0.29) is 5.91 Å². The van der Waals surface area contributed by atoms with Gasteiger partial charge in [0.2, 0.25) is 0 Å². The number of aryl methyl sites for hydroxylation is 1. The van der Waals surface area contributed by atoms with Gasteiger partial charge in [-0.25, -0.2) is 0 Å². The zero-order valence-electron chi connectivity index (χ0n) is 9.42. The zero-order valence-corrected chi connectivity index (χ0v) is 10.2. The summed E-state index contributed by atoms with van der Waals surface area (Å²) >= 11 is 1.67.